The van der Waals surface area contributed by atoms with Crippen molar-refractivity contribution in [1.82, 2.24) is 15.1 Å². The monoisotopic (exact) mass is 421 g/mol. The van der Waals surface area contributed by atoms with Crippen molar-refractivity contribution in [2.75, 3.05) is 59.4 Å². The van der Waals surface area contributed by atoms with Crippen LogP contribution in [0.1, 0.15) is 27.7 Å². The van der Waals surface area contributed by atoms with Crippen LogP contribution >= 0.6 is 11.8 Å². The van der Waals surface area contributed by atoms with Gasteiger partial charge in [-0.25, -0.2) is 0 Å². The van der Waals surface area contributed by atoms with Gasteiger partial charge in [0.25, 0.3) is 5.91 Å². The first-order valence-corrected chi connectivity index (χ1v) is 11.0. The van der Waals surface area contributed by atoms with Crippen LogP contribution in [0.15, 0.2) is 12.1 Å². The van der Waals surface area contributed by atoms with E-state index >= 15 is 0 Å². The van der Waals surface area contributed by atoms with Gasteiger partial charge in [-0.1, -0.05) is 6.07 Å². The van der Waals surface area contributed by atoms with Crippen LogP contribution in [0.25, 0.3) is 0 Å². The Kier molecular flexibility index (Phi) is 6.17. The average Bonchev–Trinajstić information content (AvgIpc) is 3.31. The number of carbonyl (C=O) groups is 2. The molecule has 2 fully saturated rings. The van der Waals surface area contributed by atoms with E-state index in [1.54, 1.807) is 23.8 Å². The Morgan fingerprint density at radius 2 is 2.07 bits per heavy atom. The first-order chi connectivity index (χ1) is 14.2. The largest absolute Gasteiger partial charge is 0.493 e. The third-order valence-electron chi connectivity index (χ3n) is 5.65. The minimum atomic E-state index is -0.469. The van der Waals surface area contributed by atoms with E-state index in [1.165, 1.54) is 7.11 Å². The first kappa shape index (κ1) is 20.3. The molecule has 3 aliphatic rings. The number of fused-ring (bicyclic) bond motifs is 3. The van der Waals surface area contributed by atoms with Gasteiger partial charge in [-0.3, -0.25) is 14.5 Å². The number of ether oxygens (including phenoxy) is 3. The lowest BCUT2D eigenvalue weighted by Crippen LogP contribution is -2.46. The van der Waals surface area contributed by atoms with Crippen molar-refractivity contribution < 1.29 is 23.8 Å². The summed E-state index contributed by atoms with van der Waals surface area (Å²) in [6.45, 7) is 4.99. The van der Waals surface area contributed by atoms with E-state index in [1.807, 2.05) is 12.1 Å². The van der Waals surface area contributed by atoms with Crippen LogP contribution in [0.4, 0.5) is 0 Å². The lowest BCUT2D eigenvalue weighted by molar-refractivity contribution is -0.124. The Balaban J connectivity index is 1.38. The first-order valence-electron chi connectivity index (χ1n) is 9.92. The topological polar surface area (TPSA) is 80.3 Å². The van der Waals surface area contributed by atoms with Crippen molar-refractivity contribution in [3.05, 3.63) is 23.3 Å². The minimum Gasteiger partial charge on any atom is -0.493 e. The van der Waals surface area contributed by atoms with E-state index in [9.17, 15) is 9.59 Å². The number of hydrogen-bond acceptors (Lipinski definition) is 7. The van der Waals surface area contributed by atoms with Gasteiger partial charge < -0.3 is 24.4 Å². The number of hydrogen-bond donors (Lipinski definition) is 1. The summed E-state index contributed by atoms with van der Waals surface area (Å²) in [6, 6.07) is 3.24. The fourth-order valence-electron chi connectivity index (χ4n) is 4.15. The molecule has 1 aromatic rings. The number of amides is 2. The van der Waals surface area contributed by atoms with Crippen molar-refractivity contribution in [2.45, 2.75) is 17.8 Å². The van der Waals surface area contributed by atoms with Gasteiger partial charge in [-0.05, 0) is 19.0 Å². The molecule has 9 heteroatoms. The van der Waals surface area contributed by atoms with Crippen LogP contribution < -0.4 is 14.8 Å². The van der Waals surface area contributed by atoms with Crippen molar-refractivity contribution in [3.8, 4) is 11.5 Å². The third kappa shape index (κ3) is 3.78. The average molecular weight is 422 g/mol. The lowest BCUT2D eigenvalue weighted by Gasteiger charge is -2.26. The van der Waals surface area contributed by atoms with Crippen LogP contribution in [0, 0.1) is 0 Å². The van der Waals surface area contributed by atoms with Gasteiger partial charge in [-0.15, -0.1) is 11.8 Å². The molecule has 0 bridgehead atoms. The normalized spacial score (nSPS) is 23.7. The Morgan fingerprint density at radius 3 is 2.79 bits per heavy atom. The van der Waals surface area contributed by atoms with Gasteiger partial charge in [0, 0.05) is 31.0 Å². The van der Waals surface area contributed by atoms with E-state index in [0.29, 0.717) is 29.4 Å². The van der Waals surface area contributed by atoms with Crippen LogP contribution in [0.3, 0.4) is 0 Å². The van der Waals surface area contributed by atoms with E-state index in [0.717, 1.165) is 44.8 Å². The number of carbonyl (C=O) groups excluding carboxylic acids is 2. The molecular formula is C20H27N3O5S. The molecule has 2 saturated heterocycles. The zero-order chi connectivity index (χ0) is 20.4. The third-order valence-corrected chi connectivity index (χ3v) is 6.95. The molecule has 0 aromatic heterocycles. The Hall–Kier alpha value is -1.97. The summed E-state index contributed by atoms with van der Waals surface area (Å²) in [5.41, 5.74) is 1.40. The number of thioether (sulfide) groups is 1. The lowest BCUT2D eigenvalue weighted by atomic mass is 10.1. The second-order valence-corrected chi connectivity index (χ2v) is 8.39. The van der Waals surface area contributed by atoms with E-state index in [-0.39, 0.29) is 17.2 Å². The summed E-state index contributed by atoms with van der Waals surface area (Å²) in [4.78, 5) is 30.0. The number of rotatable bonds is 7. The standard InChI is InChI=1S/C20H27N3O5S/c1-26-15-5-4-13-16(17(15)27-2)19(25)23-14(12-29-20(13)23)18(24)21-6-3-7-22-8-10-28-11-9-22/h4-5,14,20H,3,6-12H2,1-2H3,(H,21,24). The molecule has 0 saturated carbocycles. The summed E-state index contributed by atoms with van der Waals surface area (Å²) in [5.74, 6) is 1.30. The van der Waals surface area contributed by atoms with Gasteiger partial charge in [0.05, 0.1) is 33.0 Å². The molecule has 158 valence electrons. The number of nitrogens with one attached hydrogen (secondary N) is 1. The van der Waals surface area contributed by atoms with Gasteiger partial charge >= 0.3 is 0 Å². The fourth-order valence-corrected chi connectivity index (χ4v) is 5.61. The van der Waals surface area contributed by atoms with Gasteiger partial charge in [0.2, 0.25) is 5.91 Å². The molecule has 0 spiro atoms. The molecule has 3 heterocycles. The van der Waals surface area contributed by atoms with Gasteiger partial charge in [0.15, 0.2) is 11.5 Å². The minimum absolute atomic E-state index is 0.0888. The Bertz CT molecular complexity index is 784. The molecule has 1 aromatic carbocycles. The molecule has 8 nitrogen and oxygen atoms in total. The fraction of sp³-hybridized carbons (Fsp3) is 0.600. The quantitative estimate of drug-likeness (QED) is 0.661. The molecule has 3 aliphatic heterocycles. The molecule has 29 heavy (non-hydrogen) atoms. The molecule has 4 rings (SSSR count). The number of methoxy groups -OCH3 is 2. The van der Waals surface area contributed by atoms with Gasteiger partial charge in [-0.2, -0.15) is 0 Å². The maximum Gasteiger partial charge on any atom is 0.260 e. The van der Waals surface area contributed by atoms with Gasteiger partial charge in [0.1, 0.15) is 11.4 Å². The highest BCUT2D eigenvalue weighted by molar-refractivity contribution is 7.99. The van der Waals surface area contributed by atoms with Crippen LogP contribution in [-0.4, -0.2) is 87.0 Å². The molecule has 0 radical (unpaired) electrons. The predicted molar refractivity (Wildman–Crippen MR) is 110 cm³/mol. The van der Waals surface area contributed by atoms with Crippen LogP contribution in [0.2, 0.25) is 0 Å². The maximum absolute atomic E-state index is 13.2. The molecule has 2 amide bonds. The van der Waals surface area contributed by atoms with E-state index < -0.39 is 6.04 Å². The molecule has 2 atom stereocenters. The molecular weight excluding hydrogens is 394 g/mol. The highest BCUT2D eigenvalue weighted by Gasteiger charge is 2.50. The summed E-state index contributed by atoms with van der Waals surface area (Å²) in [7, 11) is 3.08. The van der Waals surface area contributed by atoms with Crippen molar-refractivity contribution in [3.63, 3.8) is 0 Å². The summed E-state index contributed by atoms with van der Waals surface area (Å²) < 4.78 is 16.1. The SMILES string of the molecule is COc1ccc2c(c1OC)C(=O)N1C(C(=O)NCCCN3CCOCC3)CSC21. The van der Waals surface area contributed by atoms with Crippen molar-refractivity contribution >= 4 is 23.6 Å². The maximum atomic E-state index is 13.2. The highest BCUT2D eigenvalue weighted by Crippen LogP contribution is 2.52. The number of nitrogens with zero attached hydrogens (tertiary/aromatic N) is 2. The van der Waals surface area contributed by atoms with Crippen LogP contribution in [0.5, 0.6) is 11.5 Å². The second-order valence-electron chi connectivity index (χ2n) is 7.28. The van der Waals surface area contributed by atoms with E-state index in [4.69, 9.17) is 14.2 Å². The Morgan fingerprint density at radius 1 is 1.28 bits per heavy atom. The Labute approximate surface area is 174 Å². The van der Waals surface area contributed by atoms with E-state index in [2.05, 4.69) is 10.2 Å². The molecule has 2 unspecified atom stereocenters. The zero-order valence-corrected chi connectivity index (χ0v) is 17.6. The summed E-state index contributed by atoms with van der Waals surface area (Å²) >= 11 is 1.62. The van der Waals surface area contributed by atoms with Crippen LogP contribution in [-0.2, 0) is 9.53 Å². The summed E-state index contributed by atoms with van der Waals surface area (Å²) in [5, 5.41) is 2.86. The second kappa shape index (κ2) is 8.81. The number of morpholine rings is 1. The van der Waals surface area contributed by atoms with Crippen molar-refractivity contribution in [1.29, 1.82) is 0 Å². The summed E-state index contributed by atoms with van der Waals surface area (Å²) in [6.07, 6.45) is 0.883. The zero-order valence-electron chi connectivity index (χ0n) is 16.8. The number of benzene rings is 1. The molecule has 0 aliphatic carbocycles. The van der Waals surface area contributed by atoms with Crippen molar-refractivity contribution in [2.24, 2.45) is 0 Å². The highest BCUT2D eigenvalue weighted by atomic mass is 32.2. The predicted octanol–water partition coefficient (Wildman–Crippen LogP) is 1.11. The molecule has 1 N–H and O–H groups in total. The smallest absolute Gasteiger partial charge is 0.260 e.